The molecule has 6 rings (SSSR count). The zero-order chi connectivity index (χ0) is 23.2. The third-order valence-corrected chi connectivity index (χ3v) is 7.45. The number of carbonyl (C=O) groups is 1. The van der Waals surface area contributed by atoms with Crippen LogP contribution in [0.2, 0.25) is 0 Å². The van der Waals surface area contributed by atoms with Crippen molar-refractivity contribution in [3.05, 3.63) is 95.3 Å². The summed E-state index contributed by atoms with van der Waals surface area (Å²) in [6.07, 6.45) is 4.28. The number of methoxy groups -OCH3 is 1. The number of ether oxygens (including phenoxy) is 2. The lowest BCUT2D eigenvalue weighted by Gasteiger charge is -2.34. The first kappa shape index (κ1) is 21.0. The minimum atomic E-state index is -0.289. The Morgan fingerprint density at radius 2 is 1.68 bits per heavy atom. The second-order valence-corrected chi connectivity index (χ2v) is 9.25. The highest BCUT2D eigenvalue weighted by molar-refractivity contribution is 5.80. The lowest BCUT2D eigenvalue weighted by atomic mass is 9.94. The molecule has 2 aliphatic heterocycles. The standard InChI is InChI=1S/C29H26FNO3/c1-33-28-13-10-19(30)16-26(28)18-14-20-11-12-21(15-18)31(20)29(32)34-17-27-24-8-4-2-6-22(24)23-7-3-5-9-25(23)27/h2-10,13-14,16,20-21,27H,11-12,15,17H2,1H3. The van der Waals surface area contributed by atoms with Crippen LogP contribution in [0.4, 0.5) is 9.18 Å². The molecule has 0 aromatic heterocycles. The maximum Gasteiger partial charge on any atom is 0.410 e. The van der Waals surface area contributed by atoms with Gasteiger partial charge < -0.3 is 9.47 Å². The number of benzene rings is 3. The molecule has 1 saturated heterocycles. The van der Waals surface area contributed by atoms with Crippen LogP contribution in [0, 0.1) is 5.82 Å². The van der Waals surface area contributed by atoms with Gasteiger partial charge in [-0.15, -0.1) is 0 Å². The van der Waals surface area contributed by atoms with Gasteiger partial charge in [-0.3, -0.25) is 4.90 Å². The summed E-state index contributed by atoms with van der Waals surface area (Å²) >= 11 is 0. The molecule has 3 aromatic carbocycles. The third kappa shape index (κ3) is 3.38. The van der Waals surface area contributed by atoms with Crippen LogP contribution in [0.25, 0.3) is 16.7 Å². The first-order chi connectivity index (χ1) is 16.6. The summed E-state index contributed by atoms with van der Waals surface area (Å²) in [5.74, 6) is 0.408. The van der Waals surface area contributed by atoms with Crippen LogP contribution in [0.3, 0.4) is 0 Å². The molecule has 172 valence electrons. The van der Waals surface area contributed by atoms with E-state index < -0.39 is 0 Å². The molecule has 2 unspecified atom stereocenters. The zero-order valence-corrected chi connectivity index (χ0v) is 19.0. The summed E-state index contributed by atoms with van der Waals surface area (Å²) in [5, 5.41) is 0. The van der Waals surface area contributed by atoms with Crippen molar-refractivity contribution in [3.8, 4) is 16.9 Å². The third-order valence-electron chi connectivity index (χ3n) is 7.45. The first-order valence-corrected chi connectivity index (χ1v) is 11.8. The van der Waals surface area contributed by atoms with Gasteiger partial charge in [0.2, 0.25) is 0 Å². The fourth-order valence-corrected chi connectivity index (χ4v) is 5.91. The normalized spacial score (nSPS) is 20.5. The molecule has 2 bridgehead atoms. The number of hydrogen-bond acceptors (Lipinski definition) is 3. The highest BCUT2D eigenvalue weighted by Crippen LogP contribution is 2.45. The van der Waals surface area contributed by atoms with Crippen molar-refractivity contribution < 1.29 is 18.7 Å². The maximum absolute atomic E-state index is 13.9. The molecule has 1 fully saturated rings. The van der Waals surface area contributed by atoms with Crippen molar-refractivity contribution >= 4 is 11.7 Å². The Balaban J connectivity index is 1.21. The van der Waals surface area contributed by atoms with Crippen LogP contribution in [-0.4, -0.2) is 36.8 Å². The van der Waals surface area contributed by atoms with Crippen LogP contribution in [0.15, 0.2) is 72.8 Å². The van der Waals surface area contributed by atoms with E-state index in [0.717, 1.165) is 24.0 Å². The average molecular weight is 456 g/mol. The molecule has 0 saturated carbocycles. The van der Waals surface area contributed by atoms with Gasteiger partial charge in [0.15, 0.2) is 0 Å². The van der Waals surface area contributed by atoms with Gasteiger partial charge in [-0.05, 0) is 65.3 Å². The van der Waals surface area contributed by atoms with E-state index in [0.29, 0.717) is 18.8 Å². The summed E-state index contributed by atoms with van der Waals surface area (Å²) in [4.78, 5) is 15.1. The van der Waals surface area contributed by atoms with Crippen LogP contribution >= 0.6 is 0 Å². The van der Waals surface area contributed by atoms with E-state index in [4.69, 9.17) is 9.47 Å². The molecule has 2 heterocycles. The molecule has 0 N–H and O–H groups in total. The van der Waals surface area contributed by atoms with Crippen molar-refractivity contribution in [3.63, 3.8) is 0 Å². The Morgan fingerprint density at radius 1 is 0.971 bits per heavy atom. The number of amides is 1. The van der Waals surface area contributed by atoms with Crippen molar-refractivity contribution in [2.45, 2.75) is 37.3 Å². The first-order valence-electron chi connectivity index (χ1n) is 11.8. The SMILES string of the molecule is COc1ccc(F)cc1C1=CC2CCC(C1)N2C(=O)OCC1c2ccccc2-c2ccccc21. The number of rotatable bonds is 4. The summed E-state index contributed by atoms with van der Waals surface area (Å²) in [7, 11) is 1.59. The molecule has 3 aliphatic rings. The Kier molecular flexibility index (Phi) is 5.13. The monoisotopic (exact) mass is 455 g/mol. The Bertz CT molecular complexity index is 1250. The summed E-state index contributed by atoms with van der Waals surface area (Å²) in [6, 6.07) is 21.3. The fourth-order valence-electron chi connectivity index (χ4n) is 5.91. The fraction of sp³-hybridized carbons (Fsp3) is 0.276. The van der Waals surface area contributed by atoms with Crippen LogP contribution < -0.4 is 4.74 Å². The Labute approximate surface area is 198 Å². The van der Waals surface area contributed by atoms with E-state index in [1.165, 1.54) is 34.4 Å². The van der Waals surface area contributed by atoms with Gasteiger partial charge in [0.1, 0.15) is 18.2 Å². The largest absolute Gasteiger partial charge is 0.496 e. The highest BCUT2D eigenvalue weighted by Gasteiger charge is 2.41. The van der Waals surface area contributed by atoms with Crippen molar-refractivity contribution in [1.29, 1.82) is 0 Å². The van der Waals surface area contributed by atoms with Crippen molar-refractivity contribution in [2.75, 3.05) is 13.7 Å². The van der Waals surface area contributed by atoms with Crippen LogP contribution in [-0.2, 0) is 4.74 Å². The predicted octanol–water partition coefficient (Wildman–Crippen LogP) is 6.40. The lowest BCUT2D eigenvalue weighted by molar-refractivity contribution is 0.0866. The smallest absolute Gasteiger partial charge is 0.410 e. The molecule has 2 atom stereocenters. The minimum absolute atomic E-state index is 0.0430. The minimum Gasteiger partial charge on any atom is -0.496 e. The molecule has 0 spiro atoms. The van der Waals surface area contributed by atoms with E-state index in [1.54, 1.807) is 13.2 Å². The van der Waals surface area contributed by atoms with Gasteiger partial charge in [0.25, 0.3) is 0 Å². The van der Waals surface area contributed by atoms with Gasteiger partial charge in [-0.2, -0.15) is 0 Å². The molecule has 1 aliphatic carbocycles. The van der Waals surface area contributed by atoms with E-state index in [9.17, 15) is 9.18 Å². The molecular weight excluding hydrogens is 429 g/mol. The number of carbonyl (C=O) groups excluding carboxylic acids is 1. The Morgan fingerprint density at radius 3 is 2.35 bits per heavy atom. The van der Waals surface area contributed by atoms with Crippen molar-refractivity contribution in [2.24, 2.45) is 0 Å². The number of nitrogens with zero attached hydrogens (tertiary/aromatic N) is 1. The predicted molar refractivity (Wildman–Crippen MR) is 129 cm³/mol. The van der Waals surface area contributed by atoms with E-state index >= 15 is 0 Å². The quantitative estimate of drug-likeness (QED) is 0.457. The second kappa shape index (κ2) is 8.32. The second-order valence-electron chi connectivity index (χ2n) is 9.25. The molecular formula is C29H26FNO3. The van der Waals surface area contributed by atoms with E-state index in [1.807, 2.05) is 29.2 Å². The number of halogens is 1. The van der Waals surface area contributed by atoms with Gasteiger partial charge in [-0.25, -0.2) is 9.18 Å². The topological polar surface area (TPSA) is 38.8 Å². The lowest BCUT2D eigenvalue weighted by Crippen LogP contribution is -2.43. The summed E-state index contributed by atoms with van der Waals surface area (Å²) < 4.78 is 25.3. The maximum atomic E-state index is 13.9. The van der Waals surface area contributed by atoms with Gasteiger partial charge >= 0.3 is 6.09 Å². The van der Waals surface area contributed by atoms with E-state index in [-0.39, 0.29) is 29.9 Å². The number of fused-ring (bicyclic) bond motifs is 5. The molecule has 34 heavy (non-hydrogen) atoms. The van der Waals surface area contributed by atoms with Gasteiger partial charge in [0.05, 0.1) is 13.2 Å². The zero-order valence-electron chi connectivity index (χ0n) is 19.0. The van der Waals surface area contributed by atoms with Crippen LogP contribution in [0.1, 0.15) is 41.9 Å². The van der Waals surface area contributed by atoms with Crippen molar-refractivity contribution in [1.82, 2.24) is 4.90 Å². The van der Waals surface area contributed by atoms with E-state index in [2.05, 4.69) is 30.3 Å². The molecule has 5 heteroatoms. The highest BCUT2D eigenvalue weighted by atomic mass is 19.1. The van der Waals surface area contributed by atoms with Gasteiger partial charge in [0, 0.05) is 17.5 Å². The average Bonchev–Trinajstić information content (AvgIpc) is 3.33. The molecule has 0 radical (unpaired) electrons. The summed E-state index contributed by atoms with van der Waals surface area (Å²) in [6.45, 7) is 0.317. The molecule has 3 aromatic rings. The van der Waals surface area contributed by atoms with Crippen LogP contribution in [0.5, 0.6) is 5.75 Å². The summed E-state index contributed by atoms with van der Waals surface area (Å²) in [5.41, 5.74) is 6.65. The van der Waals surface area contributed by atoms with Gasteiger partial charge in [-0.1, -0.05) is 54.6 Å². The molecule has 4 nitrogen and oxygen atoms in total. The molecule has 1 amide bonds. The number of hydrogen-bond donors (Lipinski definition) is 0. The Hall–Kier alpha value is -3.60.